The topological polar surface area (TPSA) is 40.7 Å². The van der Waals surface area contributed by atoms with Crippen LogP contribution in [0.3, 0.4) is 0 Å². The fourth-order valence-electron chi connectivity index (χ4n) is 1.75. The Kier molecular flexibility index (Phi) is 3.34. The molecule has 2 aromatic rings. The van der Waals surface area contributed by atoms with Crippen LogP contribution in [0.15, 0.2) is 40.6 Å². The van der Waals surface area contributed by atoms with Crippen LogP contribution in [0.25, 0.3) is 0 Å². The molecule has 1 saturated carbocycles. The Hall–Kier alpha value is -1.33. The summed E-state index contributed by atoms with van der Waals surface area (Å²) in [6.45, 7) is 0.714. The Labute approximate surface area is 109 Å². The molecule has 18 heavy (non-hydrogen) atoms. The van der Waals surface area contributed by atoms with Gasteiger partial charge in [0.2, 0.25) is 0 Å². The van der Waals surface area contributed by atoms with Crippen molar-refractivity contribution < 1.29 is 4.39 Å². The van der Waals surface area contributed by atoms with Crippen LogP contribution in [0.4, 0.5) is 4.39 Å². The van der Waals surface area contributed by atoms with E-state index in [4.69, 9.17) is 0 Å². The summed E-state index contributed by atoms with van der Waals surface area (Å²) in [6, 6.07) is 5.83. The first-order valence-electron chi connectivity index (χ1n) is 6.01. The van der Waals surface area contributed by atoms with E-state index in [2.05, 4.69) is 15.3 Å². The maximum absolute atomic E-state index is 13.9. The van der Waals surface area contributed by atoms with Crippen molar-refractivity contribution in [2.75, 3.05) is 0 Å². The second-order valence-corrected chi connectivity index (χ2v) is 5.38. The van der Waals surface area contributed by atoms with Crippen molar-refractivity contribution in [2.45, 2.75) is 35.5 Å². The predicted octanol–water partition coefficient (Wildman–Crippen LogP) is 2.95. The predicted molar refractivity (Wildman–Crippen MR) is 69.0 cm³/mol. The fraction of sp³-hybridized carbons (Fsp3) is 0.308. The van der Waals surface area contributed by atoms with E-state index in [1.165, 1.54) is 30.7 Å². The minimum atomic E-state index is -0.188. The molecule has 0 spiro atoms. The highest BCUT2D eigenvalue weighted by atomic mass is 32.2. The van der Waals surface area contributed by atoms with Gasteiger partial charge in [-0.1, -0.05) is 12.1 Å². The number of hydrogen-bond donors (Lipinski definition) is 2. The molecule has 0 atom stereocenters. The lowest BCUT2D eigenvalue weighted by atomic mass is 10.2. The molecule has 1 fully saturated rings. The molecule has 0 aliphatic heterocycles. The molecule has 0 unspecified atom stereocenters. The zero-order chi connectivity index (χ0) is 12.4. The summed E-state index contributed by atoms with van der Waals surface area (Å²) in [7, 11) is 0. The van der Waals surface area contributed by atoms with Gasteiger partial charge in [-0.3, -0.25) is 0 Å². The molecule has 0 saturated heterocycles. The van der Waals surface area contributed by atoms with E-state index in [-0.39, 0.29) is 5.82 Å². The van der Waals surface area contributed by atoms with Crippen LogP contribution in [-0.2, 0) is 6.54 Å². The van der Waals surface area contributed by atoms with Gasteiger partial charge in [0.25, 0.3) is 0 Å². The third-order valence-electron chi connectivity index (χ3n) is 2.88. The Bertz CT molecular complexity index is 523. The SMILES string of the molecule is Fc1cccc(CNC2CC2)c1Sc1ncc[nH]1. The lowest BCUT2D eigenvalue weighted by Crippen LogP contribution is -2.16. The average molecular weight is 263 g/mol. The van der Waals surface area contributed by atoms with Gasteiger partial charge in [-0.25, -0.2) is 9.37 Å². The van der Waals surface area contributed by atoms with Crippen LogP contribution in [0.1, 0.15) is 18.4 Å². The number of H-pyrrole nitrogens is 1. The molecular weight excluding hydrogens is 249 g/mol. The maximum Gasteiger partial charge on any atom is 0.170 e. The van der Waals surface area contributed by atoms with E-state index in [1.807, 2.05) is 6.07 Å². The second kappa shape index (κ2) is 5.12. The molecule has 5 heteroatoms. The van der Waals surface area contributed by atoms with Gasteiger partial charge < -0.3 is 10.3 Å². The lowest BCUT2D eigenvalue weighted by molar-refractivity contribution is 0.588. The van der Waals surface area contributed by atoms with Gasteiger partial charge in [0.05, 0.1) is 4.90 Å². The van der Waals surface area contributed by atoms with Crippen molar-refractivity contribution in [3.8, 4) is 0 Å². The number of nitrogens with one attached hydrogen (secondary N) is 2. The highest BCUT2D eigenvalue weighted by molar-refractivity contribution is 7.99. The van der Waals surface area contributed by atoms with E-state index in [0.717, 1.165) is 5.56 Å². The third kappa shape index (κ3) is 2.73. The number of halogens is 1. The van der Waals surface area contributed by atoms with Crippen LogP contribution in [0.2, 0.25) is 0 Å². The van der Waals surface area contributed by atoms with Gasteiger partial charge in [0, 0.05) is 25.0 Å². The first-order chi connectivity index (χ1) is 8.83. The standard InChI is InChI=1S/C13H14FN3S/c14-11-3-1-2-9(8-17-10-4-5-10)12(11)18-13-15-6-7-16-13/h1-3,6-7,10,17H,4-5,8H2,(H,15,16). The highest BCUT2D eigenvalue weighted by Gasteiger charge is 2.21. The molecule has 2 N–H and O–H groups in total. The van der Waals surface area contributed by atoms with Crippen LogP contribution >= 0.6 is 11.8 Å². The molecule has 0 amide bonds. The zero-order valence-corrected chi connectivity index (χ0v) is 10.6. The number of aromatic amines is 1. The molecule has 3 rings (SSSR count). The molecule has 1 aliphatic carbocycles. The van der Waals surface area contributed by atoms with E-state index in [1.54, 1.807) is 18.5 Å². The highest BCUT2D eigenvalue weighted by Crippen LogP contribution is 2.31. The molecule has 3 nitrogen and oxygen atoms in total. The number of aromatic nitrogens is 2. The smallest absolute Gasteiger partial charge is 0.170 e. The van der Waals surface area contributed by atoms with Gasteiger partial charge in [-0.2, -0.15) is 0 Å². The first kappa shape index (κ1) is 11.7. The summed E-state index contributed by atoms with van der Waals surface area (Å²) in [4.78, 5) is 7.76. The Morgan fingerprint density at radius 2 is 2.33 bits per heavy atom. The Morgan fingerprint density at radius 3 is 3.06 bits per heavy atom. The average Bonchev–Trinajstić information content (AvgIpc) is 3.06. The van der Waals surface area contributed by atoms with Crippen LogP contribution in [0, 0.1) is 5.82 Å². The number of rotatable bonds is 5. The largest absolute Gasteiger partial charge is 0.339 e. The zero-order valence-electron chi connectivity index (χ0n) is 9.82. The quantitative estimate of drug-likeness (QED) is 0.871. The molecule has 1 aromatic carbocycles. The molecule has 0 radical (unpaired) electrons. The van der Waals surface area contributed by atoms with Gasteiger partial charge in [0.1, 0.15) is 5.82 Å². The summed E-state index contributed by atoms with van der Waals surface area (Å²) < 4.78 is 13.9. The lowest BCUT2D eigenvalue weighted by Gasteiger charge is -2.09. The summed E-state index contributed by atoms with van der Waals surface area (Å²) in [5, 5.41) is 4.13. The fourth-order valence-corrected chi connectivity index (χ4v) is 2.62. The Balaban J connectivity index is 1.80. The van der Waals surface area contributed by atoms with Gasteiger partial charge >= 0.3 is 0 Å². The van der Waals surface area contributed by atoms with Crippen LogP contribution in [-0.4, -0.2) is 16.0 Å². The number of hydrogen-bond acceptors (Lipinski definition) is 3. The summed E-state index contributed by atoms with van der Waals surface area (Å²) in [5.74, 6) is -0.188. The minimum absolute atomic E-state index is 0.188. The van der Waals surface area contributed by atoms with Crippen molar-refractivity contribution in [1.82, 2.24) is 15.3 Å². The molecule has 1 heterocycles. The van der Waals surface area contributed by atoms with Crippen molar-refractivity contribution in [2.24, 2.45) is 0 Å². The van der Waals surface area contributed by atoms with Crippen molar-refractivity contribution in [1.29, 1.82) is 0 Å². The number of nitrogens with zero attached hydrogens (tertiary/aromatic N) is 1. The summed E-state index contributed by atoms with van der Waals surface area (Å²) >= 11 is 1.34. The van der Waals surface area contributed by atoms with Crippen molar-refractivity contribution in [3.63, 3.8) is 0 Å². The van der Waals surface area contributed by atoms with E-state index in [9.17, 15) is 4.39 Å². The molecule has 0 bridgehead atoms. The maximum atomic E-state index is 13.9. The summed E-state index contributed by atoms with van der Waals surface area (Å²) in [5.41, 5.74) is 0.989. The second-order valence-electron chi connectivity index (χ2n) is 4.38. The van der Waals surface area contributed by atoms with E-state index in [0.29, 0.717) is 22.6 Å². The third-order valence-corrected chi connectivity index (χ3v) is 3.96. The van der Waals surface area contributed by atoms with Gasteiger partial charge in [-0.15, -0.1) is 0 Å². The van der Waals surface area contributed by atoms with Gasteiger partial charge in [0.15, 0.2) is 5.16 Å². The minimum Gasteiger partial charge on any atom is -0.339 e. The van der Waals surface area contributed by atoms with Gasteiger partial charge in [-0.05, 0) is 36.2 Å². The summed E-state index contributed by atoms with van der Waals surface area (Å²) in [6.07, 6.45) is 5.88. The first-order valence-corrected chi connectivity index (χ1v) is 6.82. The molecule has 94 valence electrons. The molecular formula is C13H14FN3S. The number of imidazole rings is 1. The normalized spacial score (nSPS) is 14.9. The Morgan fingerprint density at radius 1 is 1.44 bits per heavy atom. The van der Waals surface area contributed by atoms with E-state index >= 15 is 0 Å². The molecule has 1 aliphatic rings. The molecule has 1 aromatic heterocycles. The van der Waals surface area contributed by atoms with Crippen LogP contribution < -0.4 is 5.32 Å². The van der Waals surface area contributed by atoms with Crippen molar-refractivity contribution in [3.05, 3.63) is 42.0 Å². The van der Waals surface area contributed by atoms with Crippen molar-refractivity contribution >= 4 is 11.8 Å². The monoisotopic (exact) mass is 263 g/mol. The number of benzene rings is 1. The van der Waals surface area contributed by atoms with E-state index < -0.39 is 0 Å². The van der Waals surface area contributed by atoms with Crippen LogP contribution in [0.5, 0.6) is 0 Å².